The molecular weight excluding hydrogens is 268 g/mol. The number of nitrogens with one attached hydrogen (secondary N) is 2. The Morgan fingerprint density at radius 2 is 1.81 bits per heavy atom. The number of amides is 2. The van der Waals surface area contributed by atoms with Crippen molar-refractivity contribution in [3.8, 4) is 0 Å². The van der Waals surface area contributed by atoms with Crippen LogP contribution in [-0.2, 0) is 11.3 Å². The second-order valence-corrected chi connectivity index (χ2v) is 5.07. The fraction of sp³-hybridized carbons (Fsp3) is 0.467. The number of carbonyl (C=O) groups is 2. The Labute approximate surface area is 125 Å². The first-order valence-electron chi connectivity index (χ1n) is 7.01. The summed E-state index contributed by atoms with van der Waals surface area (Å²) in [6, 6.07) is 7.19. The zero-order chi connectivity index (χ0) is 15.7. The summed E-state index contributed by atoms with van der Waals surface area (Å²) in [5, 5.41) is 5.62. The molecule has 2 amide bonds. The van der Waals surface area contributed by atoms with Gasteiger partial charge < -0.3 is 21.3 Å². The maximum atomic E-state index is 11.9. The molecule has 1 aromatic rings. The Hall–Kier alpha value is -1.92. The zero-order valence-electron chi connectivity index (χ0n) is 12.7. The van der Waals surface area contributed by atoms with Crippen molar-refractivity contribution in [2.45, 2.75) is 13.0 Å². The number of hydrogen-bond acceptors (Lipinski definition) is 4. The van der Waals surface area contributed by atoms with Gasteiger partial charge in [-0.05, 0) is 31.8 Å². The number of carbonyl (C=O) groups excluding carboxylic acids is 2. The molecular formula is C15H24N4O2. The van der Waals surface area contributed by atoms with Gasteiger partial charge in [0.25, 0.3) is 5.91 Å². The SMILES string of the molecule is CN(C)CCNC(=O)c1ccc(CNC(=O)CCN)cc1. The van der Waals surface area contributed by atoms with Gasteiger partial charge in [0.2, 0.25) is 5.91 Å². The summed E-state index contributed by atoms with van der Waals surface area (Å²) in [5.74, 6) is -0.154. The van der Waals surface area contributed by atoms with Crippen LogP contribution in [0.25, 0.3) is 0 Å². The summed E-state index contributed by atoms with van der Waals surface area (Å²) in [7, 11) is 3.92. The maximum Gasteiger partial charge on any atom is 0.251 e. The van der Waals surface area contributed by atoms with Gasteiger partial charge >= 0.3 is 0 Å². The van der Waals surface area contributed by atoms with Crippen LogP contribution in [0.1, 0.15) is 22.3 Å². The second-order valence-electron chi connectivity index (χ2n) is 5.07. The second kappa shape index (κ2) is 9.10. The summed E-state index contributed by atoms with van der Waals surface area (Å²) in [6.45, 7) is 2.21. The lowest BCUT2D eigenvalue weighted by Gasteiger charge is -2.10. The van der Waals surface area contributed by atoms with Crippen molar-refractivity contribution in [1.29, 1.82) is 0 Å². The monoisotopic (exact) mass is 292 g/mol. The number of nitrogens with two attached hydrogens (primary N) is 1. The number of rotatable bonds is 8. The Bertz CT molecular complexity index is 457. The Kier molecular flexibility index (Phi) is 7.42. The van der Waals surface area contributed by atoms with E-state index in [9.17, 15) is 9.59 Å². The average molecular weight is 292 g/mol. The molecule has 6 nitrogen and oxygen atoms in total. The minimum absolute atomic E-state index is 0.0667. The lowest BCUT2D eigenvalue weighted by Crippen LogP contribution is -2.31. The van der Waals surface area contributed by atoms with Gasteiger partial charge in [-0.15, -0.1) is 0 Å². The van der Waals surface area contributed by atoms with Crippen molar-refractivity contribution in [1.82, 2.24) is 15.5 Å². The minimum atomic E-state index is -0.0874. The third-order valence-corrected chi connectivity index (χ3v) is 2.92. The molecule has 1 aromatic carbocycles. The van der Waals surface area contributed by atoms with E-state index >= 15 is 0 Å². The molecule has 0 fully saturated rings. The van der Waals surface area contributed by atoms with E-state index in [4.69, 9.17) is 5.73 Å². The van der Waals surface area contributed by atoms with Crippen molar-refractivity contribution >= 4 is 11.8 Å². The van der Waals surface area contributed by atoms with E-state index in [2.05, 4.69) is 10.6 Å². The number of benzene rings is 1. The quantitative estimate of drug-likeness (QED) is 0.626. The van der Waals surface area contributed by atoms with Crippen LogP contribution in [0.4, 0.5) is 0 Å². The first-order valence-corrected chi connectivity index (χ1v) is 7.01. The molecule has 0 atom stereocenters. The predicted octanol–water partition coefficient (Wildman–Crippen LogP) is -0.0570. The van der Waals surface area contributed by atoms with Gasteiger partial charge in [-0.2, -0.15) is 0 Å². The average Bonchev–Trinajstić information content (AvgIpc) is 2.45. The molecule has 0 spiro atoms. The van der Waals surface area contributed by atoms with Gasteiger partial charge in [-0.25, -0.2) is 0 Å². The molecule has 0 radical (unpaired) electrons. The summed E-state index contributed by atoms with van der Waals surface area (Å²) in [6.07, 6.45) is 0.326. The van der Waals surface area contributed by atoms with E-state index < -0.39 is 0 Å². The van der Waals surface area contributed by atoms with Gasteiger partial charge in [0.1, 0.15) is 0 Å². The smallest absolute Gasteiger partial charge is 0.251 e. The lowest BCUT2D eigenvalue weighted by atomic mass is 10.1. The number of likely N-dealkylation sites (N-methyl/N-ethyl adjacent to an activating group) is 1. The van der Waals surface area contributed by atoms with Crippen LogP contribution < -0.4 is 16.4 Å². The molecule has 0 aliphatic heterocycles. The van der Waals surface area contributed by atoms with Crippen LogP contribution in [0.5, 0.6) is 0 Å². The molecule has 0 aromatic heterocycles. The molecule has 0 saturated carbocycles. The largest absolute Gasteiger partial charge is 0.352 e. The third kappa shape index (κ3) is 6.87. The molecule has 6 heteroatoms. The van der Waals surface area contributed by atoms with E-state index in [0.29, 0.717) is 31.6 Å². The van der Waals surface area contributed by atoms with Crippen LogP contribution >= 0.6 is 0 Å². The summed E-state index contributed by atoms with van der Waals surface area (Å²) in [5.41, 5.74) is 6.87. The molecule has 21 heavy (non-hydrogen) atoms. The van der Waals surface area contributed by atoms with Crippen LogP contribution in [-0.4, -0.2) is 50.4 Å². The first kappa shape index (κ1) is 17.1. The fourth-order valence-electron chi connectivity index (χ4n) is 1.69. The molecule has 0 heterocycles. The highest BCUT2D eigenvalue weighted by atomic mass is 16.2. The molecule has 4 N–H and O–H groups in total. The Morgan fingerprint density at radius 1 is 1.14 bits per heavy atom. The Balaban J connectivity index is 2.42. The molecule has 1 rings (SSSR count). The summed E-state index contributed by atoms with van der Waals surface area (Å²) >= 11 is 0. The van der Waals surface area contributed by atoms with Crippen LogP contribution in [0.3, 0.4) is 0 Å². The van der Waals surface area contributed by atoms with Crippen molar-refractivity contribution < 1.29 is 9.59 Å². The minimum Gasteiger partial charge on any atom is -0.352 e. The number of nitrogens with zero attached hydrogens (tertiary/aromatic N) is 1. The van der Waals surface area contributed by atoms with Crippen molar-refractivity contribution in [2.24, 2.45) is 5.73 Å². The summed E-state index contributed by atoms with van der Waals surface area (Å²) in [4.78, 5) is 25.2. The highest BCUT2D eigenvalue weighted by Gasteiger charge is 2.05. The molecule has 0 saturated heterocycles. The van der Waals surface area contributed by atoms with E-state index in [-0.39, 0.29) is 11.8 Å². The van der Waals surface area contributed by atoms with Crippen LogP contribution in [0.2, 0.25) is 0 Å². The van der Waals surface area contributed by atoms with Crippen molar-refractivity contribution in [3.05, 3.63) is 35.4 Å². The van der Waals surface area contributed by atoms with Crippen molar-refractivity contribution in [2.75, 3.05) is 33.7 Å². The van der Waals surface area contributed by atoms with Gasteiger partial charge in [0.05, 0.1) is 0 Å². The van der Waals surface area contributed by atoms with Crippen LogP contribution in [0, 0.1) is 0 Å². The van der Waals surface area contributed by atoms with Gasteiger partial charge in [-0.3, -0.25) is 9.59 Å². The van der Waals surface area contributed by atoms with Gasteiger partial charge in [0, 0.05) is 38.2 Å². The maximum absolute atomic E-state index is 11.9. The topological polar surface area (TPSA) is 87.5 Å². The van der Waals surface area contributed by atoms with E-state index in [1.807, 2.05) is 31.1 Å². The van der Waals surface area contributed by atoms with E-state index in [1.165, 1.54) is 0 Å². The highest BCUT2D eigenvalue weighted by molar-refractivity contribution is 5.94. The zero-order valence-corrected chi connectivity index (χ0v) is 12.7. The normalized spacial score (nSPS) is 10.5. The Morgan fingerprint density at radius 3 is 2.38 bits per heavy atom. The first-order chi connectivity index (χ1) is 10.0. The molecule has 0 unspecified atom stereocenters. The predicted molar refractivity (Wildman–Crippen MR) is 82.8 cm³/mol. The standard InChI is InChI=1S/C15H24N4O2/c1-19(2)10-9-17-15(21)13-5-3-12(4-6-13)11-18-14(20)7-8-16/h3-6H,7-11,16H2,1-2H3,(H,17,21)(H,18,20). The molecule has 0 bridgehead atoms. The third-order valence-electron chi connectivity index (χ3n) is 2.92. The van der Waals surface area contributed by atoms with Crippen LogP contribution in [0.15, 0.2) is 24.3 Å². The lowest BCUT2D eigenvalue weighted by molar-refractivity contribution is -0.121. The molecule has 0 aliphatic rings. The fourth-order valence-corrected chi connectivity index (χ4v) is 1.69. The van der Waals surface area contributed by atoms with E-state index in [1.54, 1.807) is 12.1 Å². The van der Waals surface area contributed by atoms with Gasteiger partial charge in [0.15, 0.2) is 0 Å². The summed E-state index contributed by atoms with van der Waals surface area (Å²) < 4.78 is 0. The van der Waals surface area contributed by atoms with E-state index in [0.717, 1.165) is 12.1 Å². The van der Waals surface area contributed by atoms with Crippen molar-refractivity contribution in [3.63, 3.8) is 0 Å². The van der Waals surface area contributed by atoms with Gasteiger partial charge in [-0.1, -0.05) is 12.1 Å². The molecule has 0 aliphatic carbocycles. The molecule has 116 valence electrons. The highest BCUT2D eigenvalue weighted by Crippen LogP contribution is 2.04. The number of hydrogen-bond donors (Lipinski definition) is 3.